The van der Waals surface area contributed by atoms with Crippen molar-refractivity contribution in [3.05, 3.63) is 52.6 Å². The second kappa shape index (κ2) is 7.19. The normalized spacial score (nSPS) is 22.0. The van der Waals surface area contributed by atoms with E-state index < -0.39 is 28.8 Å². The van der Waals surface area contributed by atoms with Gasteiger partial charge in [-0.05, 0) is 60.2 Å². The van der Waals surface area contributed by atoms with Crippen LogP contribution in [0.25, 0.3) is 11.1 Å². The van der Waals surface area contributed by atoms with Gasteiger partial charge in [0, 0.05) is 12.1 Å². The summed E-state index contributed by atoms with van der Waals surface area (Å²) in [4.78, 5) is 4.40. The molecule has 0 saturated carbocycles. The predicted molar refractivity (Wildman–Crippen MR) is 110 cm³/mol. The molecule has 2 heterocycles. The van der Waals surface area contributed by atoms with Crippen LogP contribution in [0, 0.1) is 13.8 Å². The molecule has 6 nitrogen and oxygen atoms in total. The van der Waals surface area contributed by atoms with E-state index in [9.17, 15) is 17.9 Å². The summed E-state index contributed by atoms with van der Waals surface area (Å²) in [5, 5.41) is 9.45. The number of aliphatic imine (C=N–C) groups is 1. The minimum absolute atomic E-state index is 0.0179. The van der Waals surface area contributed by atoms with Gasteiger partial charge in [0.05, 0.1) is 24.1 Å². The molecule has 3 N–H and O–H groups in total. The first kappa shape index (κ1) is 20.0. The monoisotopic (exact) mass is 417 g/mol. The second-order valence-electron chi connectivity index (χ2n) is 7.69. The van der Waals surface area contributed by atoms with Gasteiger partial charge >= 0.3 is 0 Å². The number of nitrogens with two attached hydrogens (primary N) is 1. The van der Waals surface area contributed by atoms with Gasteiger partial charge in [0.1, 0.15) is 12.0 Å². The van der Waals surface area contributed by atoms with Crippen LogP contribution >= 0.6 is 0 Å². The first-order valence-electron chi connectivity index (χ1n) is 9.54. The number of alkyl halides is 1. The molecule has 0 bridgehead atoms. The van der Waals surface area contributed by atoms with Crippen LogP contribution in [-0.4, -0.2) is 49.0 Å². The Kier molecular flexibility index (Phi) is 4.96. The van der Waals surface area contributed by atoms with Crippen LogP contribution in [0.2, 0.25) is 0 Å². The molecule has 154 valence electrons. The SMILES string of the molecule is Cc1cc(S(=O)(=O)N2C[C@H](F)C[C@H]2CO)ccc1-c1ccc2c(c1C)C(N)=NC2. The zero-order chi connectivity index (χ0) is 20.9. The molecule has 0 aromatic heterocycles. The third-order valence-corrected chi connectivity index (χ3v) is 7.76. The molecule has 0 spiro atoms. The summed E-state index contributed by atoms with van der Waals surface area (Å²) in [5.41, 5.74) is 11.8. The average molecular weight is 418 g/mol. The van der Waals surface area contributed by atoms with Gasteiger partial charge in [-0.1, -0.05) is 18.2 Å². The predicted octanol–water partition coefficient (Wildman–Crippen LogP) is 2.28. The molecule has 2 aromatic rings. The van der Waals surface area contributed by atoms with Gasteiger partial charge in [0.25, 0.3) is 0 Å². The van der Waals surface area contributed by atoms with Crippen LogP contribution in [0.15, 0.2) is 40.2 Å². The number of benzene rings is 2. The van der Waals surface area contributed by atoms with Crippen LogP contribution in [0.1, 0.15) is 28.7 Å². The molecule has 29 heavy (non-hydrogen) atoms. The van der Waals surface area contributed by atoms with Crippen LogP contribution in [-0.2, 0) is 16.6 Å². The molecule has 2 atom stereocenters. The summed E-state index contributed by atoms with van der Waals surface area (Å²) >= 11 is 0. The molecule has 0 unspecified atom stereocenters. The molecule has 1 saturated heterocycles. The van der Waals surface area contributed by atoms with E-state index in [0.717, 1.165) is 37.7 Å². The van der Waals surface area contributed by atoms with Crippen molar-refractivity contribution in [1.29, 1.82) is 0 Å². The van der Waals surface area contributed by atoms with Gasteiger partial charge < -0.3 is 10.8 Å². The van der Waals surface area contributed by atoms with Gasteiger partial charge in [-0.2, -0.15) is 4.31 Å². The molecule has 8 heteroatoms. The summed E-state index contributed by atoms with van der Waals surface area (Å²) in [6.07, 6.45) is -1.24. The standard InChI is InChI=1S/C21H24FN3O3S/c1-12-7-17(29(27,28)25-10-15(22)8-16(25)11-26)4-6-18(12)19-5-3-14-9-24-21(23)20(14)13(19)2/h3-7,15-16,26H,8-11H2,1-2H3,(H2,23,24)/t15-,16+/m1/s1. The number of aryl methyl sites for hydroxylation is 1. The summed E-state index contributed by atoms with van der Waals surface area (Å²) in [5.74, 6) is 0.529. The first-order chi connectivity index (χ1) is 13.7. The lowest BCUT2D eigenvalue weighted by molar-refractivity contribution is 0.213. The number of aliphatic hydroxyl groups is 1. The van der Waals surface area contributed by atoms with Gasteiger partial charge in [0.15, 0.2) is 0 Å². The van der Waals surface area contributed by atoms with Crippen LogP contribution in [0.3, 0.4) is 0 Å². The Morgan fingerprint density at radius 1 is 1.24 bits per heavy atom. The molecule has 2 aromatic carbocycles. The number of hydrogen-bond donors (Lipinski definition) is 2. The number of hydrogen-bond acceptors (Lipinski definition) is 5. The number of rotatable bonds is 4. The third-order valence-electron chi connectivity index (χ3n) is 5.85. The number of amidine groups is 1. The van der Waals surface area contributed by atoms with E-state index in [4.69, 9.17) is 5.73 Å². The largest absolute Gasteiger partial charge is 0.395 e. The smallest absolute Gasteiger partial charge is 0.243 e. The van der Waals surface area contributed by atoms with Crippen molar-refractivity contribution >= 4 is 15.9 Å². The first-order valence-corrected chi connectivity index (χ1v) is 11.0. The van der Waals surface area contributed by atoms with Crippen molar-refractivity contribution in [2.45, 2.75) is 43.9 Å². The molecule has 0 radical (unpaired) electrons. The number of sulfonamides is 1. The molecule has 1 fully saturated rings. The van der Waals surface area contributed by atoms with Crippen molar-refractivity contribution < 1.29 is 17.9 Å². The van der Waals surface area contributed by atoms with E-state index in [0.29, 0.717) is 12.4 Å². The highest BCUT2D eigenvalue weighted by molar-refractivity contribution is 7.89. The Bertz CT molecular complexity index is 1110. The Balaban J connectivity index is 1.73. The highest BCUT2D eigenvalue weighted by Crippen LogP contribution is 2.34. The third kappa shape index (κ3) is 3.25. The maximum atomic E-state index is 13.8. The van der Waals surface area contributed by atoms with Crippen molar-refractivity contribution in [3.63, 3.8) is 0 Å². The Morgan fingerprint density at radius 2 is 1.97 bits per heavy atom. The van der Waals surface area contributed by atoms with Gasteiger partial charge in [-0.15, -0.1) is 0 Å². The molecular formula is C21H24FN3O3S. The van der Waals surface area contributed by atoms with Crippen molar-refractivity contribution in [2.75, 3.05) is 13.2 Å². The fourth-order valence-corrected chi connectivity index (χ4v) is 6.06. The van der Waals surface area contributed by atoms with Crippen LogP contribution in [0.5, 0.6) is 0 Å². The minimum atomic E-state index is -3.89. The van der Waals surface area contributed by atoms with Gasteiger partial charge in [-0.3, -0.25) is 4.99 Å². The Morgan fingerprint density at radius 3 is 2.66 bits per heavy atom. The average Bonchev–Trinajstić information content (AvgIpc) is 3.26. The highest BCUT2D eigenvalue weighted by atomic mass is 32.2. The van der Waals surface area contributed by atoms with Crippen molar-refractivity contribution in [1.82, 2.24) is 4.31 Å². The summed E-state index contributed by atoms with van der Waals surface area (Å²) in [7, 11) is -3.89. The molecule has 0 aliphatic carbocycles. The molecule has 2 aliphatic rings. The molecule has 4 rings (SSSR count). The van der Waals surface area contributed by atoms with E-state index in [1.54, 1.807) is 18.2 Å². The summed E-state index contributed by atoms with van der Waals surface area (Å²) in [6, 6.07) is 8.21. The fraction of sp³-hybridized carbons (Fsp3) is 0.381. The topological polar surface area (TPSA) is 96.0 Å². The van der Waals surface area contributed by atoms with Crippen molar-refractivity contribution in [3.8, 4) is 11.1 Å². The zero-order valence-corrected chi connectivity index (χ0v) is 17.2. The lowest BCUT2D eigenvalue weighted by atomic mass is 9.91. The second-order valence-corrected chi connectivity index (χ2v) is 9.59. The van der Waals surface area contributed by atoms with E-state index in [-0.39, 0.29) is 17.9 Å². The quantitative estimate of drug-likeness (QED) is 0.798. The molecule has 0 amide bonds. The van der Waals surface area contributed by atoms with Crippen molar-refractivity contribution in [2.24, 2.45) is 10.7 Å². The van der Waals surface area contributed by atoms with Crippen LogP contribution < -0.4 is 5.73 Å². The summed E-state index contributed by atoms with van der Waals surface area (Å²) in [6.45, 7) is 3.80. The number of nitrogens with zero attached hydrogens (tertiary/aromatic N) is 2. The maximum absolute atomic E-state index is 13.8. The Labute approximate surface area is 169 Å². The number of halogens is 1. The number of fused-ring (bicyclic) bond motifs is 1. The van der Waals surface area contributed by atoms with Gasteiger partial charge in [-0.25, -0.2) is 12.8 Å². The van der Waals surface area contributed by atoms with Gasteiger partial charge in [0.2, 0.25) is 10.0 Å². The highest BCUT2D eigenvalue weighted by Gasteiger charge is 2.40. The maximum Gasteiger partial charge on any atom is 0.243 e. The molecule has 2 aliphatic heterocycles. The lowest BCUT2D eigenvalue weighted by Crippen LogP contribution is -2.37. The van der Waals surface area contributed by atoms with Crippen LogP contribution in [0.4, 0.5) is 4.39 Å². The zero-order valence-electron chi connectivity index (χ0n) is 16.4. The minimum Gasteiger partial charge on any atom is -0.395 e. The van der Waals surface area contributed by atoms with E-state index in [1.165, 1.54) is 0 Å². The van der Waals surface area contributed by atoms with E-state index in [1.807, 2.05) is 26.0 Å². The fourth-order valence-electron chi connectivity index (χ4n) is 4.32. The van der Waals surface area contributed by atoms with E-state index >= 15 is 0 Å². The number of aliphatic hydroxyl groups excluding tert-OH is 1. The van der Waals surface area contributed by atoms with E-state index in [2.05, 4.69) is 4.99 Å². The Hall–Kier alpha value is -2.29. The molecular weight excluding hydrogens is 393 g/mol. The summed E-state index contributed by atoms with van der Waals surface area (Å²) < 4.78 is 40.9. The lowest BCUT2D eigenvalue weighted by Gasteiger charge is -2.22.